The monoisotopic (exact) mass is 254 g/mol. The van der Waals surface area contributed by atoms with E-state index in [-0.39, 0.29) is 5.56 Å². The first-order valence-electron chi connectivity index (χ1n) is 5.07. The van der Waals surface area contributed by atoms with Gasteiger partial charge in [-0.05, 0) is 25.1 Å². The number of nitrogens with zero attached hydrogens (tertiary/aromatic N) is 2. The molecule has 1 aromatic heterocycles. The first-order chi connectivity index (χ1) is 8.38. The average Bonchev–Trinajstić information content (AvgIpc) is 2.29. The normalized spacial score (nSPS) is 11.6. The third-order valence-corrected chi connectivity index (χ3v) is 2.42. The molecule has 0 aliphatic heterocycles. The minimum Gasteiger partial charge on any atom is -0.507 e. The Bertz CT molecular complexity index is 565. The highest BCUT2D eigenvalue weighted by Gasteiger charge is 2.31. The molecule has 1 aromatic carbocycles. The first kappa shape index (κ1) is 12.3. The second kappa shape index (κ2) is 4.29. The quantitative estimate of drug-likeness (QED) is 0.850. The van der Waals surface area contributed by atoms with Crippen molar-refractivity contribution in [3.8, 4) is 16.9 Å². The Morgan fingerprint density at radius 2 is 1.72 bits per heavy atom. The van der Waals surface area contributed by atoms with E-state index in [9.17, 15) is 18.3 Å². The number of hydrogen-bond donors (Lipinski definition) is 1. The first-order valence-corrected chi connectivity index (χ1v) is 5.07. The van der Waals surface area contributed by atoms with Crippen molar-refractivity contribution >= 4 is 0 Å². The number of rotatable bonds is 1. The highest BCUT2D eigenvalue weighted by Crippen LogP contribution is 2.35. The fourth-order valence-corrected chi connectivity index (χ4v) is 1.48. The van der Waals surface area contributed by atoms with E-state index < -0.39 is 17.5 Å². The molecular formula is C12H9F3N2O. The number of benzene rings is 1. The van der Waals surface area contributed by atoms with Gasteiger partial charge in [0.15, 0.2) is 0 Å². The molecule has 0 saturated carbocycles. The van der Waals surface area contributed by atoms with Gasteiger partial charge in [0.1, 0.15) is 11.6 Å². The van der Waals surface area contributed by atoms with Crippen LogP contribution in [0.4, 0.5) is 13.2 Å². The van der Waals surface area contributed by atoms with Crippen LogP contribution in [0.15, 0.2) is 30.6 Å². The topological polar surface area (TPSA) is 46.0 Å². The fraction of sp³-hybridized carbons (Fsp3) is 0.167. The van der Waals surface area contributed by atoms with Crippen LogP contribution in [0.2, 0.25) is 0 Å². The van der Waals surface area contributed by atoms with Crippen LogP contribution >= 0.6 is 0 Å². The zero-order valence-electron chi connectivity index (χ0n) is 9.36. The van der Waals surface area contributed by atoms with Crippen LogP contribution in [-0.4, -0.2) is 15.1 Å². The molecule has 0 spiro atoms. The lowest BCUT2D eigenvalue weighted by Gasteiger charge is -2.09. The molecule has 1 heterocycles. The largest absolute Gasteiger partial charge is 0.507 e. The van der Waals surface area contributed by atoms with Crippen LogP contribution in [0.5, 0.6) is 5.75 Å². The summed E-state index contributed by atoms with van der Waals surface area (Å²) in [6.45, 7) is 1.69. The summed E-state index contributed by atoms with van der Waals surface area (Å²) in [5.41, 5.74) is -0.161. The summed E-state index contributed by atoms with van der Waals surface area (Å²) in [5, 5.41) is 9.62. The van der Waals surface area contributed by atoms with Gasteiger partial charge in [0, 0.05) is 23.5 Å². The van der Waals surface area contributed by atoms with E-state index in [1.807, 2.05) is 0 Å². The van der Waals surface area contributed by atoms with Crippen molar-refractivity contribution in [2.45, 2.75) is 13.1 Å². The summed E-state index contributed by atoms with van der Waals surface area (Å²) in [7, 11) is 0. The van der Waals surface area contributed by atoms with Gasteiger partial charge < -0.3 is 5.11 Å². The molecule has 6 heteroatoms. The highest BCUT2D eigenvalue weighted by molar-refractivity contribution is 5.69. The van der Waals surface area contributed by atoms with Gasteiger partial charge in [-0.25, -0.2) is 9.97 Å². The molecule has 94 valence electrons. The van der Waals surface area contributed by atoms with E-state index in [4.69, 9.17) is 0 Å². The van der Waals surface area contributed by atoms with E-state index in [0.29, 0.717) is 17.5 Å². The molecular weight excluding hydrogens is 245 g/mol. The molecule has 1 N–H and O–H groups in total. The summed E-state index contributed by atoms with van der Waals surface area (Å²) >= 11 is 0. The molecule has 0 saturated heterocycles. The zero-order chi connectivity index (χ0) is 13.3. The second-order valence-electron chi connectivity index (χ2n) is 3.75. The van der Waals surface area contributed by atoms with Crippen molar-refractivity contribution in [2.75, 3.05) is 0 Å². The summed E-state index contributed by atoms with van der Waals surface area (Å²) in [5.74, 6) is 0.0995. The molecule has 2 rings (SSSR count). The Morgan fingerprint density at radius 1 is 1.11 bits per heavy atom. The Balaban J connectivity index is 2.45. The second-order valence-corrected chi connectivity index (χ2v) is 3.75. The number of hydrogen-bond acceptors (Lipinski definition) is 3. The van der Waals surface area contributed by atoms with Crippen LogP contribution in [0.3, 0.4) is 0 Å². The Hall–Kier alpha value is -2.11. The van der Waals surface area contributed by atoms with Crippen LogP contribution < -0.4 is 0 Å². The maximum atomic E-state index is 12.4. The third-order valence-electron chi connectivity index (χ3n) is 2.42. The van der Waals surface area contributed by atoms with Crippen molar-refractivity contribution in [1.82, 2.24) is 9.97 Å². The molecule has 0 bridgehead atoms. The third kappa shape index (κ3) is 2.42. The lowest BCUT2D eigenvalue weighted by molar-refractivity contribution is -0.137. The van der Waals surface area contributed by atoms with Gasteiger partial charge in [-0.15, -0.1) is 0 Å². The summed E-state index contributed by atoms with van der Waals surface area (Å²) < 4.78 is 37.3. The minimum absolute atomic E-state index is 0.267. The van der Waals surface area contributed by atoms with E-state index in [2.05, 4.69) is 9.97 Å². The number of phenolic OH excluding ortho intramolecular Hbond substituents is 1. The number of aromatic hydroxyl groups is 1. The number of halogens is 3. The summed E-state index contributed by atoms with van der Waals surface area (Å²) in [6, 6.07) is 2.80. The number of alkyl halides is 3. The molecule has 0 unspecified atom stereocenters. The molecule has 0 amide bonds. The lowest BCUT2D eigenvalue weighted by atomic mass is 10.1. The van der Waals surface area contributed by atoms with Crippen LogP contribution in [0.25, 0.3) is 11.1 Å². The Morgan fingerprint density at radius 3 is 2.22 bits per heavy atom. The Labute approximate surface area is 101 Å². The van der Waals surface area contributed by atoms with E-state index in [1.165, 1.54) is 18.5 Å². The minimum atomic E-state index is -4.47. The van der Waals surface area contributed by atoms with Crippen molar-refractivity contribution in [1.29, 1.82) is 0 Å². The molecule has 2 aromatic rings. The molecule has 0 fully saturated rings. The summed E-state index contributed by atoms with van der Waals surface area (Å²) in [4.78, 5) is 7.85. The van der Waals surface area contributed by atoms with Crippen LogP contribution in [0.1, 0.15) is 11.4 Å². The number of phenols is 1. The molecule has 0 aliphatic carbocycles. The predicted molar refractivity (Wildman–Crippen MR) is 58.9 cm³/mol. The van der Waals surface area contributed by atoms with Gasteiger partial charge in [-0.3, -0.25) is 0 Å². The number of aromatic nitrogens is 2. The average molecular weight is 254 g/mol. The van der Waals surface area contributed by atoms with Crippen molar-refractivity contribution in [3.05, 3.63) is 42.0 Å². The lowest BCUT2D eigenvalue weighted by Crippen LogP contribution is -2.04. The SMILES string of the molecule is Cc1ncc(-c2ccc(C(F)(F)F)cc2O)cn1. The van der Waals surface area contributed by atoms with Crippen LogP contribution in [0, 0.1) is 6.92 Å². The smallest absolute Gasteiger partial charge is 0.416 e. The van der Waals surface area contributed by atoms with Gasteiger partial charge in [-0.1, -0.05) is 0 Å². The standard InChI is InChI=1S/C12H9F3N2O/c1-7-16-5-8(6-17-7)10-3-2-9(4-11(10)18)12(13,14)15/h2-6,18H,1H3. The van der Waals surface area contributed by atoms with Crippen molar-refractivity contribution < 1.29 is 18.3 Å². The predicted octanol–water partition coefficient (Wildman–Crippen LogP) is 3.18. The van der Waals surface area contributed by atoms with Crippen molar-refractivity contribution in [3.63, 3.8) is 0 Å². The number of aryl methyl sites for hydroxylation is 1. The van der Waals surface area contributed by atoms with E-state index in [1.54, 1.807) is 6.92 Å². The fourth-order valence-electron chi connectivity index (χ4n) is 1.48. The van der Waals surface area contributed by atoms with Gasteiger partial charge in [0.2, 0.25) is 0 Å². The molecule has 18 heavy (non-hydrogen) atoms. The molecule has 0 aliphatic rings. The highest BCUT2D eigenvalue weighted by atomic mass is 19.4. The van der Waals surface area contributed by atoms with Gasteiger partial charge in [-0.2, -0.15) is 13.2 Å². The molecule has 0 atom stereocenters. The van der Waals surface area contributed by atoms with Crippen molar-refractivity contribution in [2.24, 2.45) is 0 Å². The van der Waals surface area contributed by atoms with E-state index in [0.717, 1.165) is 6.07 Å². The van der Waals surface area contributed by atoms with Gasteiger partial charge in [0.05, 0.1) is 5.56 Å². The maximum absolute atomic E-state index is 12.4. The van der Waals surface area contributed by atoms with Gasteiger partial charge in [0.25, 0.3) is 0 Å². The summed E-state index contributed by atoms with van der Waals surface area (Å²) in [6.07, 6.45) is -1.57. The Kier molecular flexibility index (Phi) is 2.94. The van der Waals surface area contributed by atoms with E-state index >= 15 is 0 Å². The van der Waals surface area contributed by atoms with Crippen LogP contribution in [-0.2, 0) is 6.18 Å². The molecule has 3 nitrogen and oxygen atoms in total. The zero-order valence-corrected chi connectivity index (χ0v) is 9.36. The molecule has 0 radical (unpaired) electrons. The van der Waals surface area contributed by atoms with Gasteiger partial charge >= 0.3 is 6.18 Å². The maximum Gasteiger partial charge on any atom is 0.416 e.